The monoisotopic (exact) mass is 294 g/mol. The summed E-state index contributed by atoms with van der Waals surface area (Å²) in [7, 11) is -3.09. The van der Waals surface area contributed by atoms with Gasteiger partial charge in [-0.05, 0) is 55.6 Å². The molecule has 0 spiro atoms. The smallest absolute Gasteiger partial charge is 0.175 e. The van der Waals surface area contributed by atoms with Crippen LogP contribution in [0.5, 0.6) is 0 Å². The van der Waals surface area contributed by atoms with E-state index < -0.39 is 9.84 Å². The second-order valence-electron chi connectivity index (χ2n) is 6.12. The zero-order valence-electron chi connectivity index (χ0n) is 11.9. The van der Waals surface area contributed by atoms with Gasteiger partial charge in [-0.1, -0.05) is 12.1 Å². The Hall–Kier alpha value is -0.910. The van der Waals surface area contributed by atoms with E-state index in [1.165, 1.54) is 24.8 Å². The van der Waals surface area contributed by atoms with E-state index in [0.29, 0.717) is 4.90 Å². The largest absolute Gasteiger partial charge is 0.316 e. The Bertz CT molecular complexity index is 568. The van der Waals surface area contributed by atoms with Crippen LogP contribution in [0.3, 0.4) is 0 Å². The van der Waals surface area contributed by atoms with E-state index in [-0.39, 0.29) is 0 Å². The molecule has 0 radical (unpaired) electrons. The topological polar surface area (TPSA) is 49.4 Å². The Balaban J connectivity index is 1.63. The molecule has 2 saturated heterocycles. The molecule has 1 aromatic carbocycles. The number of fused-ring (bicyclic) bond motifs is 1. The summed E-state index contributed by atoms with van der Waals surface area (Å²) in [6, 6.07) is 7.31. The molecule has 20 heavy (non-hydrogen) atoms. The van der Waals surface area contributed by atoms with Crippen molar-refractivity contribution in [3.63, 3.8) is 0 Å². The van der Waals surface area contributed by atoms with Gasteiger partial charge in [-0.25, -0.2) is 8.42 Å². The van der Waals surface area contributed by atoms with Crippen LogP contribution in [0.4, 0.5) is 0 Å². The van der Waals surface area contributed by atoms with Crippen LogP contribution in [-0.2, 0) is 16.4 Å². The number of benzene rings is 1. The van der Waals surface area contributed by atoms with E-state index in [4.69, 9.17) is 0 Å². The first-order valence-electron chi connectivity index (χ1n) is 7.24. The maximum absolute atomic E-state index is 11.4. The molecule has 2 aliphatic heterocycles. The van der Waals surface area contributed by atoms with Crippen LogP contribution in [0, 0.1) is 11.8 Å². The van der Waals surface area contributed by atoms with Crippen molar-refractivity contribution in [2.45, 2.75) is 17.9 Å². The van der Waals surface area contributed by atoms with E-state index in [9.17, 15) is 8.42 Å². The summed E-state index contributed by atoms with van der Waals surface area (Å²) in [6.07, 6.45) is 2.53. The second kappa shape index (κ2) is 5.47. The molecular weight excluding hydrogens is 272 g/mol. The first-order chi connectivity index (χ1) is 9.52. The summed E-state index contributed by atoms with van der Waals surface area (Å²) in [5, 5.41) is 3.48. The Labute approximate surface area is 121 Å². The Morgan fingerprint density at radius 3 is 2.60 bits per heavy atom. The molecule has 110 valence electrons. The van der Waals surface area contributed by atoms with Crippen molar-refractivity contribution < 1.29 is 8.42 Å². The molecule has 0 amide bonds. The van der Waals surface area contributed by atoms with Gasteiger partial charge in [-0.2, -0.15) is 0 Å². The maximum Gasteiger partial charge on any atom is 0.175 e. The third kappa shape index (κ3) is 3.05. The number of nitrogens with zero attached hydrogens (tertiary/aromatic N) is 1. The lowest BCUT2D eigenvalue weighted by Crippen LogP contribution is -2.39. The number of nitrogens with one attached hydrogen (secondary N) is 1. The molecule has 0 bridgehead atoms. The molecule has 3 rings (SSSR count). The lowest BCUT2D eigenvalue weighted by molar-refractivity contribution is 0.142. The summed E-state index contributed by atoms with van der Waals surface area (Å²) in [4.78, 5) is 2.89. The van der Waals surface area contributed by atoms with E-state index in [2.05, 4.69) is 10.2 Å². The Morgan fingerprint density at radius 1 is 1.20 bits per heavy atom. The van der Waals surface area contributed by atoms with Gasteiger partial charge in [0, 0.05) is 19.3 Å². The molecule has 2 heterocycles. The minimum absolute atomic E-state index is 0.403. The van der Waals surface area contributed by atoms with Crippen LogP contribution in [-0.4, -0.2) is 45.8 Å². The van der Waals surface area contributed by atoms with Crippen molar-refractivity contribution in [2.75, 3.05) is 32.4 Å². The van der Waals surface area contributed by atoms with Gasteiger partial charge in [0.05, 0.1) is 4.90 Å². The average Bonchev–Trinajstić information content (AvgIpc) is 2.86. The van der Waals surface area contributed by atoms with Crippen molar-refractivity contribution in [3.8, 4) is 0 Å². The van der Waals surface area contributed by atoms with Crippen LogP contribution < -0.4 is 5.32 Å². The molecule has 0 saturated carbocycles. The summed E-state index contributed by atoms with van der Waals surface area (Å²) in [6.45, 7) is 5.56. The van der Waals surface area contributed by atoms with E-state index in [1.807, 2.05) is 12.1 Å². The van der Waals surface area contributed by atoms with Crippen molar-refractivity contribution in [1.29, 1.82) is 0 Å². The minimum atomic E-state index is -3.09. The van der Waals surface area contributed by atoms with Crippen molar-refractivity contribution in [2.24, 2.45) is 11.8 Å². The fraction of sp³-hybridized carbons (Fsp3) is 0.600. The zero-order valence-corrected chi connectivity index (χ0v) is 12.7. The van der Waals surface area contributed by atoms with Gasteiger partial charge >= 0.3 is 0 Å². The van der Waals surface area contributed by atoms with E-state index in [0.717, 1.165) is 38.0 Å². The van der Waals surface area contributed by atoms with Gasteiger partial charge in [0.25, 0.3) is 0 Å². The lowest BCUT2D eigenvalue weighted by atomic mass is 9.88. The van der Waals surface area contributed by atoms with Crippen molar-refractivity contribution in [1.82, 2.24) is 10.2 Å². The lowest BCUT2D eigenvalue weighted by Gasteiger charge is -2.34. The van der Waals surface area contributed by atoms with Crippen molar-refractivity contribution >= 4 is 9.84 Å². The predicted octanol–water partition coefficient (Wildman–Crippen LogP) is 1.13. The van der Waals surface area contributed by atoms with Gasteiger partial charge in [0.15, 0.2) is 9.84 Å². The molecule has 1 N–H and O–H groups in total. The van der Waals surface area contributed by atoms with Crippen LogP contribution in [0.25, 0.3) is 0 Å². The molecule has 2 atom stereocenters. The summed E-state index contributed by atoms with van der Waals surface area (Å²) < 4.78 is 22.9. The average molecular weight is 294 g/mol. The third-order valence-corrected chi connectivity index (χ3v) is 5.67. The fourth-order valence-electron chi connectivity index (χ4n) is 3.35. The normalized spacial score (nSPS) is 27.4. The number of likely N-dealkylation sites (tertiary alicyclic amines) is 1. The molecule has 2 aliphatic rings. The SMILES string of the molecule is CS(=O)(=O)c1ccc(CN2CCC3CNCC3C2)cc1. The summed E-state index contributed by atoms with van der Waals surface area (Å²) >= 11 is 0. The predicted molar refractivity (Wildman–Crippen MR) is 79.3 cm³/mol. The Kier molecular flexibility index (Phi) is 3.84. The number of sulfone groups is 1. The Morgan fingerprint density at radius 2 is 1.90 bits per heavy atom. The first kappa shape index (κ1) is 14.0. The number of hydrogen-bond acceptors (Lipinski definition) is 4. The van der Waals surface area contributed by atoms with Gasteiger partial charge in [-0.3, -0.25) is 4.90 Å². The summed E-state index contributed by atoms with van der Waals surface area (Å²) in [5.74, 6) is 1.65. The van der Waals surface area contributed by atoms with Gasteiger partial charge in [0.2, 0.25) is 0 Å². The van der Waals surface area contributed by atoms with Crippen LogP contribution >= 0.6 is 0 Å². The first-order valence-corrected chi connectivity index (χ1v) is 9.13. The molecule has 0 aliphatic carbocycles. The molecule has 0 aromatic heterocycles. The van der Waals surface area contributed by atoms with Gasteiger partial charge in [0.1, 0.15) is 0 Å². The molecule has 2 fully saturated rings. The zero-order chi connectivity index (χ0) is 14.2. The maximum atomic E-state index is 11.4. The number of rotatable bonds is 3. The van der Waals surface area contributed by atoms with Crippen LogP contribution in [0.1, 0.15) is 12.0 Å². The van der Waals surface area contributed by atoms with Gasteiger partial charge in [-0.15, -0.1) is 0 Å². The van der Waals surface area contributed by atoms with E-state index in [1.54, 1.807) is 12.1 Å². The highest BCUT2D eigenvalue weighted by atomic mass is 32.2. The highest BCUT2D eigenvalue weighted by Crippen LogP contribution is 2.27. The standard InChI is InChI=1S/C15H22N2O2S/c1-20(18,19)15-4-2-12(3-5-15)10-17-7-6-13-8-16-9-14(13)11-17/h2-5,13-14,16H,6-11H2,1H3. The highest BCUT2D eigenvalue weighted by molar-refractivity contribution is 7.90. The quantitative estimate of drug-likeness (QED) is 0.908. The third-order valence-electron chi connectivity index (χ3n) is 4.55. The van der Waals surface area contributed by atoms with Crippen LogP contribution in [0.2, 0.25) is 0 Å². The molecule has 1 aromatic rings. The van der Waals surface area contributed by atoms with Gasteiger partial charge < -0.3 is 5.32 Å². The second-order valence-corrected chi connectivity index (χ2v) is 8.13. The van der Waals surface area contributed by atoms with E-state index >= 15 is 0 Å². The molecule has 5 heteroatoms. The number of hydrogen-bond donors (Lipinski definition) is 1. The molecular formula is C15H22N2O2S. The number of piperidine rings is 1. The highest BCUT2D eigenvalue weighted by Gasteiger charge is 2.32. The van der Waals surface area contributed by atoms with Crippen LogP contribution in [0.15, 0.2) is 29.2 Å². The molecule has 4 nitrogen and oxygen atoms in total. The summed E-state index contributed by atoms with van der Waals surface area (Å²) in [5.41, 5.74) is 1.20. The fourth-order valence-corrected chi connectivity index (χ4v) is 3.98. The molecule has 2 unspecified atom stereocenters. The minimum Gasteiger partial charge on any atom is -0.316 e. The van der Waals surface area contributed by atoms with Crippen molar-refractivity contribution in [3.05, 3.63) is 29.8 Å².